The van der Waals surface area contributed by atoms with Gasteiger partial charge in [0.15, 0.2) is 0 Å². The van der Waals surface area contributed by atoms with Gasteiger partial charge in [0.25, 0.3) is 0 Å². The molecule has 0 fully saturated rings. The van der Waals surface area contributed by atoms with Crippen molar-refractivity contribution in [2.75, 3.05) is 6.61 Å². The van der Waals surface area contributed by atoms with Crippen LogP contribution in [0.4, 0.5) is 4.39 Å². The number of halogens is 1. The molecule has 1 aromatic heterocycles. The summed E-state index contributed by atoms with van der Waals surface area (Å²) in [7, 11) is 0. The minimum absolute atomic E-state index is 0.00550. The van der Waals surface area contributed by atoms with E-state index in [1.54, 1.807) is 42.8 Å². The van der Waals surface area contributed by atoms with Crippen LogP contribution in [0.2, 0.25) is 0 Å². The minimum atomic E-state index is -0.554. The molecule has 108 valence electrons. The highest BCUT2D eigenvalue weighted by Gasteiger charge is 2.17. The van der Waals surface area contributed by atoms with E-state index in [2.05, 4.69) is 0 Å². The zero-order chi connectivity index (χ0) is 15.4. The van der Waals surface area contributed by atoms with Crippen LogP contribution >= 0.6 is 0 Å². The Hall–Kier alpha value is -2.61. The molecule has 0 atom stereocenters. The van der Waals surface area contributed by atoms with Gasteiger partial charge in [0.2, 0.25) is 0 Å². The number of hydrogen-bond donors (Lipinski definition) is 0. The second-order valence-electron chi connectivity index (χ2n) is 4.59. The molecule has 0 N–H and O–H groups in total. The summed E-state index contributed by atoms with van der Waals surface area (Å²) in [6.45, 7) is 3.98. The molecule has 2 aromatic rings. The Bertz CT molecular complexity index is 714. The number of carbonyl (C=O) groups excluding carboxylic acids is 1. The van der Waals surface area contributed by atoms with Crippen LogP contribution < -0.4 is 0 Å². The van der Waals surface area contributed by atoms with Gasteiger partial charge in [-0.05, 0) is 31.5 Å². The van der Waals surface area contributed by atoms with E-state index < -0.39 is 11.8 Å². The van der Waals surface area contributed by atoms with E-state index in [1.807, 2.05) is 6.07 Å². The second kappa shape index (κ2) is 6.23. The van der Waals surface area contributed by atoms with Crippen molar-refractivity contribution in [1.29, 1.82) is 5.26 Å². The SMILES string of the molecule is CCOC(=O)c1c(C)ccn1Cc1cccc(C#N)c1F. The summed E-state index contributed by atoms with van der Waals surface area (Å²) in [5.74, 6) is -0.988. The third kappa shape index (κ3) is 2.95. The monoisotopic (exact) mass is 286 g/mol. The largest absolute Gasteiger partial charge is 0.461 e. The second-order valence-corrected chi connectivity index (χ2v) is 4.59. The van der Waals surface area contributed by atoms with Gasteiger partial charge < -0.3 is 9.30 Å². The summed E-state index contributed by atoms with van der Waals surface area (Å²) in [6.07, 6.45) is 1.71. The Kier molecular flexibility index (Phi) is 4.39. The number of aryl methyl sites for hydroxylation is 1. The van der Waals surface area contributed by atoms with Crippen LogP contribution in [-0.2, 0) is 11.3 Å². The van der Waals surface area contributed by atoms with Crippen LogP contribution in [-0.4, -0.2) is 17.1 Å². The number of esters is 1. The summed E-state index contributed by atoms with van der Waals surface area (Å²) >= 11 is 0. The highest BCUT2D eigenvalue weighted by atomic mass is 19.1. The molecular weight excluding hydrogens is 271 g/mol. The zero-order valence-electron chi connectivity index (χ0n) is 11.9. The van der Waals surface area contributed by atoms with Crippen molar-refractivity contribution in [2.24, 2.45) is 0 Å². The molecule has 21 heavy (non-hydrogen) atoms. The Morgan fingerprint density at radius 2 is 2.19 bits per heavy atom. The highest BCUT2D eigenvalue weighted by molar-refractivity contribution is 5.89. The smallest absolute Gasteiger partial charge is 0.355 e. The average Bonchev–Trinajstić information content (AvgIpc) is 2.82. The van der Waals surface area contributed by atoms with Crippen molar-refractivity contribution in [3.8, 4) is 6.07 Å². The molecule has 2 rings (SSSR count). The highest BCUT2D eigenvalue weighted by Crippen LogP contribution is 2.17. The number of aromatic nitrogens is 1. The lowest BCUT2D eigenvalue weighted by Crippen LogP contribution is -2.14. The number of rotatable bonds is 4. The van der Waals surface area contributed by atoms with Gasteiger partial charge in [-0.15, -0.1) is 0 Å². The van der Waals surface area contributed by atoms with Gasteiger partial charge in [0, 0.05) is 11.8 Å². The lowest BCUT2D eigenvalue weighted by molar-refractivity contribution is 0.0513. The molecule has 0 amide bonds. The fourth-order valence-electron chi connectivity index (χ4n) is 2.16. The first-order valence-corrected chi connectivity index (χ1v) is 6.58. The molecule has 4 nitrogen and oxygen atoms in total. The van der Waals surface area contributed by atoms with Crippen LogP contribution in [0.25, 0.3) is 0 Å². The van der Waals surface area contributed by atoms with Crippen LogP contribution in [0.5, 0.6) is 0 Å². The van der Waals surface area contributed by atoms with Crippen molar-refractivity contribution in [1.82, 2.24) is 4.57 Å². The normalized spacial score (nSPS) is 10.2. The first-order valence-electron chi connectivity index (χ1n) is 6.58. The van der Waals surface area contributed by atoms with Gasteiger partial charge in [-0.2, -0.15) is 5.26 Å². The van der Waals surface area contributed by atoms with Crippen LogP contribution in [0, 0.1) is 24.1 Å². The third-order valence-corrected chi connectivity index (χ3v) is 3.17. The topological polar surface area (TPSA) is 55.0 Å². The van der Waals surface area contributed by atoms with Gasteiger partial charge in [-0.3, -0.25) is 0 Å². The summed E-state index contributed by atoms with van der Waals surface area (Å²) in [5, 5.41) is 8.85. The predicted molar refractivity (Wildman–Crippen MR) is 75.3 cm³/mol. The van der Waals surface area contributed by atoms with Crippen molar-refractivity contribution < 1.29 is 13.9 Å². The fraction of sp³-hybridized carbons (Fsp3) is 0.250. The van der Waals surface area contributed by atoms with Crippen LogP contribution in [0.3, 0.4) is 0 Å². The van der Waals surface area contributed by atoms with Crippen molar-refractivity contribution in [2.45, 2.75) is 20.4 Å². The quantitative estimate of drug-likeness (QED) is 0.812. The summed E-state index contributed by atoms with van der Waals surface area (Å²) in [6, 6.07) is 8.23. The maximum Gasteiger partial charge on any atom is 0.355 e. The molecular formula is C16H15FN2O2. The van der Waals surface area contributed by atoms with E-state index in [-0.39, 0.29) is 18.7 Å². The Labute approximate surface area is 122 Å². The predicted octanol–water partition coefficient (Wildman–Crippen LogP) is 3.03. The Morgan fingerprint density at radius 1 is 1.43 bits per heavy atom. The number of ether oxygens (including phenoxy) is 1. The molecule has 5 heteroatoms. The zero-order valence-corrected chi connectivity index (χ0v) is 11.9. The molecule has 0 bridgehead atoms. The van der Waals surface area contributed by atoms with E-state index in [1.165, 1.54) is 6.07 Å². The first-order chi connectivity index (χ1) is 10.1. The first kappa shape index (κ1) is 14.8. The molecule has 0 spiro atoms. The molecule has 0 aliphatic rings. The molecule has 0 aliphatic carbocycles. The number of hydrogen-bond acceptors (Lipinski definition) is 3. The number of nitriles is 1. The van der Waals surface area contributed by atoms with Crippen molar-refractivity contribution in [3.63, 3.8) is 0 Å². The van der Waals surface area contributed by atoms with Gasteiger partial charge >= 0.3 is 5.97 Å². The number of carbonyl (C=O) groups is 1. The third-order valence-electron chi connectivity index (χ3n) is 3.17. The van der Waals surface area contributed by atoms with Crippen LogP contribution in [0.15, 0.2) is 30.5 Å². The minimum Gasteiger partial charge on any atom is -0.461 e. The van der Waals surface area contributed by atoms with Gasteiger partial charge in [-0.25, -0.2) is 9.18 Å². The molecule has 0 saturated heterocycles. The van der Waals surface area contributed by atoms with E-state index in [0.717, 1.165) is 5.56 Å². The number of nitrogens with zero attached hydrogens (tertiary/aromatic N) is 2. The van der Waals surface area contributed by atoms with Crippen molar-refractivity contribution in [3.05, 3.63) is 58.7 Å². The molecule has 0 radical (unpaired) electrons. The summed E-state index contributed by atoms with van der Waals surface area (Å²) in [5.41, 5.74) is 1.52. The summed E-state index contributed by atoms with van der Waals surface area (Å²) in [4.78, 5) is 12.0. The van der Waals surface area contributed by atoms with E-state index in [4.69, 9.17) is 10.00 Å². The lowest BCUT2D eigenvalue weighted by Gasteiger charge is -2.11. The van der Waals surface area contributed by atoms with Gasteiger partial charge in [-0.1, -0.05) is 12.1 Å². The maximum atomic E-state index is 14.1. The van der Waals surface area contributed by atoms with Gasteiger partial charge in [0.1, 0.15) is 17.6 Å². The van der Waals surface area contributed by atoms with E-state index in [0.29, 0.717) is 11.3 Å². The van der Waals surface area contributed by atoms with E-state index in [9.17, 15) is 9.18 Å². The lowest BCUT2D eigenvalue weighted by atomic mass is 10.1. The molecule has 0 unspecified atom stereocenters. The average molecular weight is 286 g/mol. The maximum absolute atomic E-state index is 14.1. The fourth-order valence-corrected chi connectivity index (χ4v) is 2.16. The summed E-state index contributed by atoms with van der Waals surface area (Å²) < 4.78 is 20.7. The molecule has 0 saturated carbocycles. The standard InChI is InChI=1S/C16H15FN2O2/c1-3-21-16(20)15-11(2)7-8-19(15)10-13-6-4-5-12(9-18)14(13)17/h4-8H,3,10H2,1-2H3. The van der Waals surface area contributed by atoms with Crippen molar-refractivity contribution >= 4 is 5.97 Å². The van der Waals surface area contributed by atoms with E-state index >= 15 is 0 Å². The molecule has 0 aliphatic heterocycles. The molecule has 1 aromatic carbocycles. The Balaban J connectivity index is 2.38. The molecule has 1 heterocycles. The Morgan fingerprint density at radius 3 is 2.86 bits per heavy atom. The van der Waals surface area contributed by atoms with Crippen LogP contribution in [0.1, 0.15) is 34.1 Å². The van der Waals surface area contributed by atoms with Gasteiger partial charge in [0.05, 0.1) is 18.7 Å². The number of benzene rings is 1.